The lowest BCUT2D eigenvalue weighted by Gasteiger charge is -2.35. The van der Waals surface area contributed by atoms with Crippen molar-refractivity contribution < 1.29 is 14.7 Å². The zero-order valence-electron chi connectivity index (χ0n) is 14.3. The summed E-state index contributed by atoms with van der Waals surface area (Å²) in [6.45, 7) is 6.36. The number of rotatable bonds is 9. The van der Waals surface area contributed by atoms with Gasteiger partial charge in [-0.05, 0) is 18.9 Å². The molecule has 2 amide bonds. The molecule has 2 N–H and O–H groups in total. The van der Waals surface area contributed by atoms with Gasteiger partial charge in [0, 0.05) is 20.0 Å². The second-order valence-corrected chi connectivity index (χ2v) is 6.31. The number of amides is 2. The second-order valence-electron chi connectivity index (χ2n) is 6.31. The molecule has 1 aromatic rings. The Morgan fingerprint density at radius 3 is 2.39 bits per heavy atom. The van der Waals surface area contributed by atoms with Crippen molar-refractivity contribution in [3.63, 3.8) is 0 Å². The van der Waals surface area contributed by atoms with Crippen LogP contribution in [0.15, 0.2) is 30.3 Å². The van der Waals surface area contributed by atoms with Gasteiger partial charge in [0.05, 0.1) is 5.54 Å². The third-order valence-corrected chi connectivity index (χ3v) is 3.94. The highest BCUT2D eigenvalue weighted by Crippen LogP contribution is 2.18. The van der Waals surface area contributed by atoms with Crippen LogP contribution in [0.25, 0.3) is 0 Å². The molecule has 5 nitrogen and oxygen atoms in total. The molecule has 0 saturated heterocycles. The summed E-state index contributed by atoms with van der Waals surface area (Å²) in [5, 5.41) is 11.7. The fraction of sp³-hybridized carbons (Fsp3) is 0.556. The summed E-state index contributed by atoms with van der Waals surface area (Å²) in [7, 11) is 0. The average Bonchev–Trinajstić information content (AvgIpc) is 2.47. The Balaban J connectivity index is 2.82. The molecule has 23 heavy (non-hydrogen) atoms. The summed E-state index contributed by atoms with van der Waals surface area (Å²) in [5.41, 5.74) is 0.399. The summed E-state index contributed by atoms with van der Waals surface area (Å²) >= 11 is 0. The van der Waals surface area contributed by atoms with E-state index in [1.807, 2.05) is 37.3 Å². The lowest BCUT2D eigenvalue weighted by atomic mass is 9.93. The Kier molecular flexibility index (Phi) is 7.59. The van der Waals surface area contributed by atoms with Crippen LogP contribution in [0, 0.1) is 0 Å². The van der Waals surface area contributed by atoms with E-state index < -0.39 is 11.6 Å². The third-order valence-electron chi connectivity index (χ3n) is 3.94. The normalized spacial score (nSPS) is 13.2. The van der Waals surface area contributed by atoms with Gasteiger partial charge in [-0.25, -0.2) is 4.79 Å². The Morgan fingerprint density at radius 2 is 1.87 bits per heavy atom. The van der Waals surface area contributed by atoms with Crippen molar-refractivity contribution in [1.29, 1.82) is 0 Å². The number of hydrogen-bond acceptors (Lipinski definition) is 2. The fourth-order valence-electron chi connectivity index (χ4n) is 2.71. The average molecular weight is 320 g/mol. The van der Waals surface area contributed by atoms with Gasteiger partial charge in [-0.1, -0.05) is 56.5 Å². The number of carbonyl (C=O) groups is 2. The van der Waals surface area contributed by atoms with Crippen molar-refractivity contribution in [1.82, 2.24) is 10.2 Å². The van der Waals surface area contributed by atoms with Crippen molar-refractivity contribution in [3.8, 4) is 0 Å². The number of carbonyl (C=O) groups excluding carboxylic acids is 1. The van der Waals surface area contributed by atoms with Crippen LogP contribution in [0.2, 0.25) is 0 Å². The summed E-state index contributed by atoms with van der Waals surface area (Å²) in [6.07, 6.45) is 2.72. The first kappa shape index (κ1) is 19.0. The fourth-order valence-corrected chi connectivity index (χ4v) is 2.71. The highest BCUT2D eigenvalue weighted by Gasteiger charge is 2.29. The van der Waals surface area contributed by atoms with Crippen LogP contribution in [-0.2, 0) is 11.3 Å². The zero-order valence-corrected chi connectivity index (χ0v) is 14.3. The van der Waals surface area contributed by atoms with Gasteiger partial charge >= 0.3 is 6.09 Å². The first-order chi connectivity index (χ1) is 10.9. The van der Waals surface area contributed by atoms with E-state index >= 15 is 0 Å². The molecule has 0 spiro atoms. The number of nitrogens with one attached hydrogen (secondary N) is 1. The standard InChI is InChI=1S/C18H28N2O3/c1-4-5-9-12-18(3,19-17(22)23)14-20(15(2)21)13-16-10-7-6-8-11-16/h6-8,10-11,19H,4-5,9,12-14H2,1-3H3,(H,22,23)/t18-/m1/s1. The van der Waals surface area contributed by atoms with E-state index in [1.165, 1.54) is 6.92 Å². The molecule has 0 fully saturated rings. The Hall–Kier alpha value is -2.04. The molecule has 0 aliphatic rings. The first-order valence-corrected chi connectivity index (χ1v) is 8.17. The minimum absolute atomic E-state index is 0.0530. The van der Waals surface area contributed by atoms with Crippen molar-refractivity contribution in [2.24, 2.45) is 0 Å². The Bertz CT molecular complexity index is 504. The molecule has 1 atom stereocenters. The maximum Gasteiger partial charge on any atom is 0.405 e. The van der Waals surface area contributed by atoms with E-state index in [0.29, 0.717) is 19.5 Å². The molecule has 128 valence electrons. The molecule has 5 heteroatoms. The van der Waals surface area contributed by atoms with Crippen molar-refractivity contribution in [3.05, 3.63) is 35.9 Å². The molecule has 0 unspecified atom stereocenters. The van der Waals surface area contributed by atoms with Crippen LogP contribution in [0.1, 0.15) is 52.0 Å². The highest BCUT2D eigenvalue weighted by atomic mass is 16.4. The largest absolute Gasteiger partial charge is 0.465 e. The van der Waals surface area contributed by atoms with Gasteiger partial charge in [0.25, 0.3) is 0 Å². The minimum Gasteiger partial charge on any atom is -0.465 e. The number of hydrogen-bond donors (Lipinski definition) is 2. The van der Waals surface area contributed by atoms with Crippen molar-refractivity contribution in [2.45, 2.75) is 58.5 Å². The number of nitrogens with zero attached hydrogens (tertiary/aromatic N) is 1. The van der Waals surface area contributed by atoms with E-state index in [9.17, 15) is 9.59 Å². The Labute approximate surface area is 138 Å². The lowest BCUT2D eigenvalue weighted by Crippen LogP contribution is -2.54. The third kappa shape index (κ3) is 7.17. The van der Waals surface area contributed by atoms with Gasteiger partial charge < -0.3 is 15.3 Å². The number of carboxylic acid groups (broad SMARTS) is 1. The highest BCUT2D eigenvalue weighted by molar-refractivity contribution is 5.73. The molecule has 0 heterocycles. The van der Waals surface area contributed by atoms with E-state index in [0.717, 1.165) is 24.8 Å². The van der Waals surface area contributed by atoms with Crippen LogP contribution in [-0.4, -0.2) is 34.1 Å². The van der Waals surface area contributed by atoms with Crippen molar-refractivity contribution in [2.75, 3.05) is 6.54 Å². The predicted molar refractivity (Wildman–Crippen MR) is 91.2 cm³/mol. The van der Waals surface area contributed by atoms with Gasteiger partial charge in [0.15, 0.2) is 0 Å². The molecule has 0 radical (unpaired) electrons. The molecule has 1 rings (SSSR count). The number of benzene rings is 1. The van der Waals surface area contributed by atoms with Gasteiger partial charge in [-0.3, -0.25) is 4.79 Å². The van der Waals surface area contributed by atoms with Crippen molar-refractivity contribution >= 4 is 12.0 Å². The van der Waals surface area contributed by atoms with E-state index in [1.54, 1.807) is 4.90 Å². The predicted octanol–water partition coefficient (Wildman–Crippen LogP) is 3.64. The van der Waals surface area contributed by atoms with Gasteiger partial charge in [0.2, 0.25) is 5.91 Å². The van der Waals surface area contributed by atoms with Crippen LogP contribution >= 0.6 is 0 Å². The summed E-state index contributed by atoms with van der Waals surface area (Å²) in [5.74, 6) is -0.0530. The topological polar surface area (TPSA) is 69.6 Å². The quantitative estimate of drug-likeness (QED) is 0.682. The minimum atomic E-state index is -1.05. The molecule has 0 bridgehead atoms. The molecule has 1 aromatic carbocycles. The lowest BCUT2D eigenvalue weighted by molar-refractivity contribution is -0.130. The number of unbranched alkanes of at least 4 members (excludes halogenated alkanes) is 2. The first-order valence-electron chi connectivity index (χ1n) is 8.17. The second kappa shape index (κ2) is 9.18. The van der Waals surface area contributed by atoms with Gasteiger partial charge in [0.1, 0.15) is 0 Å². The van der Waals surface area contributed by atoms with Crippen LogP contribution in [0.4, 0.5) is 4.79 Å². The van der Waals surface area contributed by atoms with Crippen LogP contribution in [0.5, 0.6) is 0 Å². The SMILES string of the molecule is CCCCC[C@](C)(CN(Cc1ccccc1)C(C)=O)NC(=O)O. The molecular formula is C18H28N2O3. The van der Waals surface area contributed by atoms with Crippen LogP contribution in [0.3, 0.4) is 0 Å². The molecule has 0 aromatic heterocycles. The maximum atomic E-state index is 12.0. The zero-order chi connectivity index (χ0) is 17.3. The molecular weight excluding hydrogens is 292 g/mol. The van der Waals surface area contributed by atoms with Crippen LogP contribution < -0.4 is 5.32 Å². The summed E-state index contributed by atoms with van der Waals surface area (Å²) in [4.78, 5) is 24.8. The molecule has 0 aliphatic heterocycles. The van der Waals surface area contributed by atoms with E-state index in [-0.39, 0.29) is 5.91 Å². The summed E-state index contributed by atoms with van der Waals surface area (Å²) < 4.78 is 0. The van der Waals surface area contributed by atoms with E-state index in [2.05, 4.69) is 12.2 Å². The van der Waals surface area contributed by atoms with Gasteiger partial charge in [-0.2, -0.15) is 0 Å². The van der Waals surface area contributed by atoms with Gasteiger partial charge in [-0.15, -0.1) is 0 Å². The molecule has 0 saturated carbocycles. The van der Waals surface area contributed by atoms with E-state index in [4.69, 9.17) is 5.11 Å². The smallest absolute Gasteiger partial charge is 0.405 e. The monoisotopic (exact) mass is 320 g/mol. The summed E-state index contributed by atoms with van der Waals surface area (Å²) in [6, 6.07) is 9.74. The Morgan fingerprint density at radius 1 is 1.22 bits per heavy atom. The molecule has 0 aliphatic carbocycles. The maximum absolute atomic E-state index is 12.0.